The molecule has 4 heteroatoms. The molecule has 1 aromatic rings. The third-order valence-electron chi connectivity index (χ3n) is 2.46. The summed E-state index contributed by atoms with van der Waals surface area (Å²) in [6.45, 7) is 6.77. The van der Waals surface area contributed by atoms with Gasteiger partial charge in [0.25, 0.3) is 0 Å². The van der Waals surface area contributed by atoms with Crippen LogP contribution in [-0.4, -0.2) is 29.7 Å². The van der Waals surface area contributed by atoms with Gasteiger partial charge < -0.3 is 14.1 Å². The van der Waals surface area contributed by atoms with Crippen LogP contribution in [-0.2, 0) is 4.74 Å². The van der Waals surface area contributed by atoms with E-state index in [4.69, 9.17) is 9.15 Å². The minimum absolute atomic E-state index is 0.271. The lowest BCUT2D eigenvalue weighted by Crippen LogP contribution is -2.35. The Balaban J connectivity index is 1.95. The summed E-state index contributed by atoms with van der Waals surface area (Å²) in [5, 5.41) is 0. The second-order valence-corrected chi connectivity index (χ2v) is 5.10. The van der Waals surface area contributed by atoms with Crippen LogP contribution in [0.25, 0.3) is 5.57 Å². The molecule has 0 fully saturated rings. The highest BCUT2D eigenvalue weighted by Gasteiger charge is 2.25. The number of ether oxygens (including phenoxy) is 1. The molecule has 0 atom stereocenters. The van der Waals surface area contributed by atoms with E-state index in [0.29, 0.717) is 13.1 Å². The summed E-state index contributed by atoms with van der Waals surface area (Å²) < 4.78 is 10.3. The zero-order chi connectivity index (χ0) is 12.5. The highest BCUT2D eigenvalue weighted by atomic mass is 16.6. The van der Waals surface area contributed by atoms with Gasteiger partial charge in [0.05, 0.1) is 12.5 Å². The van der Waals surface area contributed by atoms with Crippen LogP contribution in [0.3, 0.4) is 0 Å². The number of hydrogen-bond donors (Lipinski definition) is 0. The molecule has 0 saturated heterocycles. The molecule has 17 heavy (non-hydrogen) atoms. The van der Waals surface area contributed by atoms with Crippen molar-refractivity contribution in [2.24, 2.45) is 0 Å². The van der Waals surface area contributed by atoms with Gasteiger partial charge in [-0.25, -0.2) is 4.79 Å². The molecule has 0 aliphatic carbocycles. The molecule has 0 radical (unpaired) electrons. The van der Waals surface area contributed by atoms with Gasteiger partial charge in [-0.05, 0) is 32.4 Å². The average Bonchev–Trinajstić information content (AvgIpc) is 2.86. The first-order chi connectivity index (χ1) is 7.96. The van der Waals surface area contributed by atoms with Gasteiger partial charge in [-0.15, -0.1) is 0 Å². The standard InChI is InChI=1S/C13H17NO3/c1-13(2,3)17-12(15)14-6-4-10(8-14)11-5-7-16-9-11/h4-5,7,9H,6,8H2,1-3H3. The summed E-state index contributed by atoms with van der Waals surface area (Å²) in [6.07, 6.45) is 5.07. The molecule has 2 heterocycles. The van der Waals surface area contributed by atoms with Crippen molar-refractivity contribution >= 4 is 11.7 Å². The Morgan fingerprint density at radius 3 is 2.82 bits per heavy atom. The predicted molar refractivity (Wildman–Crippen MR) is 64.5 cm³/mol. The first-order valence-corrected chi connectivity index (χ1v) is 5.65. The predicted octanol–water partition coefficient (Wildman–Crippen LogP) is 2.91. The zero-order valence-electron chi connectivity index (χ0n) is 10.4. The number of amides is 1. The topological polar surface area (TPSA) is 42.7 Å². The Labute approximate surface area is 101 Å². The maximum atomic E-state index is 11.8. The van der Waals surface area contributed by atoms with E-state index in [1.165, 1.54) is 0 Å². The smallest absolute Gasteiger partial charge is 0.410 e. The van der Waals surface area contributed by atoms with E-state index in [1.807, 2.05) is 32.9 Å². The molecule has 0 saturated carbocycles. The van der Waals surface area contributed by atoms with Crippen molar-refractivity contribution in [3.05, 3.63) is 30.2 Å². The number of hydrogen-bond acceptors (Lipinski definition) is 3. The second kappa shape index (κ2) is 4.28. The fraction of sp³-hybridized carbons (Fsp3) is 0.462. The maximum absolute atomic E-state index is 11.8. The van der Waals surface area contributed by atoms with E-state index in [0.717, 1.165) is 11.1 Å². The first kappa shape index (κ1) is 11.8. The maximum Gasteiger partial charge on any atom is 0.410 e. The van der Waals surface area contributed by atoms with Gasteiger partial charge in [0.15, 0.2) is 0 Å². The SMILES string of the molecule is CC(C)(C)OC(=O)N1CC=C(c2ccoc2)C1. The molecule has 2 rings (SSSR count). The Morgan fingerprint density at radius 2 is 2.24 bits per heavy atom. The van der Waals surface area contributed by atoms with Crippen LogP contribution >= 0.6 is 0 Å². The third kappa shape index (κ3) is 2.90. The van der Waals surface area contributed by atoms with E-state index >= 15 is 0 Å². The quantitative estimate of drug-likeness (QED) is 0.751. The molecule has 0 N–H and O–H groups in total. The highest BCUT2D eigenvalue weighted by Crippen LogP contribution is 2.22. The van der Waals surface area contributed by atoms with Gasteiger partial charge >= 0.3 is 6.09 Å². The van der Waals surface area contributed by atoms with Crippen LogP contribution in [0, 0.1) is 0 Å². The molecule has 0 bridgehead atoms. The molecule has 4 nitrogen and oxygen atoms in total. The van der Waals surface area contributed by atoms with Crippen LogP contribution in [0.4, 0.5) is 4.79 Å². The second-order valence-electron chi connectivity index (χ2n) is 5.10. The summed E-state index contributed by atoms with van der Waals surface area (Å²) in [5.74, 6) is 0. The van der Waals surface area contributed by atoms with Gasteiger partial charge in [-0.1, -0.05) is 6.08 Å². The average molecular weight is 235 g/mol. The summed E-state index contributed by atoms with van der Waals surface area (Å²) in [7, 11) is 0. The summed E-state index contributed by atoms with van der Waals surface area (Å²) >= 11 is 0. The number of rotatable bonds is 1. The Bertz CT molecular complexity index is 426. The van der Waals surface area contributed by atoms with Crippen LogP contribution in [0.5, 0.6) is 0 Å². The molecule has 1 aromatic heterocycles. The van der Waals surface area contributed by atoms with Crippen LogP contribution in [0.2, 0.25) is 0 Å². The van der Waals surface area contributed by atoms with E-state index in [9.17, 15) is 4.79 Å². The van der Waals surface area contributed by atoms with Crippen LogP contribution in [0.15, 0.2) is 29.1 Å². The van der Waals surface area contributed by atoms with Crippen molar-refractivity contribution in [2.45, 2.75) is 26.4 Å². The monoisotopic (exact) mass is 235 g/mol. The number of furan rings is 1. The Kier molecular flexibility index (Phi) is 2.96. The number of carbonyl (C=O) groups excluding carboxylic acids is 1. The zero-order valence-corrected chi connectivity index (χ0v) is 10.4. The minimum atomic E-state index is -0.449. The number of carbonyl (C=O) groups is 1. The fourth-order valence-electron chi connectivity index (χ4n) is 1.68. The van der Waals surface area contributed by atoms with Crippen LogP contribution < -0.4 is 0 Å². The molecule has 1 aliphatic rings. The van der Waals surface area contributed by atoms with Crippen molar-refractivity contribution in [3.63, 3.8) is 0 Å². The fourth-order valence-corrected chi connectivity index (χ4v) is 1.68. The first-order valence-electron chi connectivity index (χ1n) is 5.65. The lowest BCUT2D eigenvalue weighted by molar-refractivity contribution is 0.0306. The normalized spacial score (nSPS) is 15.9. The Morgan fingerprint density at radius 1 is 1.47 bits per heavy atom. The molecule has 1 amide bonds. The molecule has 92 valence electrons. The van der Waals surface area contributed by atoms with E-state index in [2.05, 4.69) is 0 Å². The summed E-state index contributed by atoms with van der Waals surface area (Å²) in [5.41, 5.74) is 1.68. The van der Waals surface area contributed by atoms with E-state index in [-0.39, 0.29) is 6.09 Å². The molecule has 0 spiro atoms. The molecule has 1 aliphatic heterocycles. The van der Waals surface area contributed by atoms with E-state index in [1.54, 1.807) is 17.4 Å². The van der Waals surface area contributed by atoms with Gasteiger partial charge in [-0.2, -0.15) is 0 Å². The van der Waals surface area contributed by atoms with Crippen LogP contribution in [0.1, 0.15) is 26.3 Å². The van der Waals surface area contributed by atoms with Gasteiger partial charge in [0.2, 0.25) is 0 Å². The van der Waals surface area contributed by atoms with Crippen molar-refractivity contribution in [2.75, 3.05) is 13.1 Å². The van der Waals surface area contributed by atoms with Gasteiger partial charge in [0.1, 0.15) is 5.60 Å². The Hall–Kier alpha value is -1.71. The number of nitrogens with zero attached hydrogens (tertiary/aromatic N) is 1. The lowest BCUT2D eigenvalue weighted by Gasteiger charge is -2.24. The molecular formula is C13H17NO3. The summed E-state index contributed by atoms with van der Waals surface area (Å²) in [6, 6.07) is 1.89. The lowest BCUT2D eigenvalue weighted by atomic mass is 10.1. The molecule has 0 unspecified atom stereocenters. The van der Waals surface area contributed by atoms with Crippen molar-refractivity contribution in [1.29, 1.82) is 0 Å². The van der Waals surface area contributed by atoms with Crippen molar-refractivity contribution in [1.82, 2.24) is 4.90 Å². The highest BCUT2D eigenvalue weighted by molar-refractivity contribution is 5.77. The minimum Gasteiger partial charge on any atom is -0.472 e. The van der Waals surface area contributed by atoms with Gasteiger partial charge in [0, 0.05) is 18.7 Å². The molecule has 0 aromatic carbocycles. The van der Waals surface area contributed by atoms with E-state index < -0.39 is 5.60 Å². The largest absolute Gasteiger partial charge is 0.472 e. The van der Waals surface area contributed by atoms with Crippen molar-refractivity contribution < 1.29 is 13.9 Å². The van der Waals surface area contributed by atoms with Gasteiger partial charge in [-0.3, -0.25) is 0 Å². The third-order valence-corrected chi connectivity index (χ3v) is 2.46. The van der Waals surface area contributed by atoms with Crippen molar-refractivity contribution in [3.8, 4) is 0 Å². The summed E-state index contributed by atoms with van der Waals surface area (Å²) in [4.78, 5) is 13.5. The molecular weight excluding hydrogens is 218 g/mol.